The SMILES string of the molecule is COc1cc(F)c([C@@H]2CN(c3cccn(CC(O)CO)c3=O)C(=O)C2NC(=O)c2ccc(OC(F)F)cc2)c(F)c1. The molecule has 1 aromatic heterocycles. The first-order chi connectivity index (χ1) is 19.5. The molecule has 1 aliphatic rings. The summed E-state index contributed by atoms with van der Waals surface area (Å²) in [5.74, 6) is -5.46. The Bertz CT molecular complexity index is 1460. The average molecular weight is 580 g/mol. The standard InChI is InChI=1S/C27H25F4N3O7/c1-40-17-9-19(28)22(20(29)10-17)18-12-34(21-3-2-8-33(25(21)38)11-15(36)13-35)26(39)23(18)32-24(37)14-4-6-16(7-5-14)41-27(30)31/h2-10,15,18,23,27,35-36H,11-13H2,1H3,(H,32,37)/t15?,18-,23?/m0/s1. The first-order valence-corrected chi connectivity index (χ1v) is 12.2. The zero-order valence-corrected chi connectivity index (χ0v) is 21.5. The third-order valence-electron chi connectivity index (χ3n) is 6.51. The van der Waals surface area contributed by atoms with Crippen LogP contribution >= 0.6 is 0 Å². The molecule has 3 atom stereocenters. The molecule has 2 amide bonds. The fourth-order valence-electron chi connectivity index (χ4n) is 4.57. The van der Waals surface area contributed by atoms with Gasteiger partial charge in [-0.3, -0.25) is 14.4 Å². The second-order valence-corrected chi connectivity index (χ2v) is 9.10. The highest BCUT2D eigenvalue weighted by Gasteiger charge is 2.46. The van der Waals surface area contributed by atoms with Gasteiger partial charge < -0.3 is 34.5 Å². The summed E-state index contributed by atoms with van der Waals surface area (Å²) >= 11 is 0. The van der Waals surface area contributed by atoms with Gasteiger partial charge in [0.1, 0.15) is 34.9 Å². The van der Waals surface area contributed by atoms with E-state index >= 15 is 8.78 Å². The topological polar surface area (TPSA) is 130 Å². The summed E-state index contributed by atoms with van der Waals surface area (Å²) in [4.78, 5) is 40.8. The van der Waals surface area contributed by atoms with Gasteiger partial charge in [-0.25, -0.2) is 8.78 Å². The number of anilines is 1. The predicted octanol–water partition coefficient (Wildman–Crippen LogP) is 2.02. The lowest BCUT2D eigenvalue weighted by molar-refractivity contribution is -0.118. The fraction of sp³-hybridized carbons (Fsp3) is 0.296. The van der Waals surface area contributed by atoms with Gasteiger partial charge >= 0.3 is 6.61 Å². The second kappa shape index (κ2) is 12.4. The third-order valence-corrected chi connectivity index (χ3v) is 6.51. The quantitative estimate of drug-likeness (QED) is 0.314. The van der Waals surface area contributed by atoms with Crippen LogP contribution < -0.4 is 25.2 Å². The van der Waals surface area contributed by atoms with Gasteiger partial charge in [0.2, 0.25) is 5.91 Å². The molecule has 3 aromatic rings. The molecule has 0 saturated carbocycles. The summed E-state index contributed by atoms with van der Waals surface area (Å²) in [5, 5.41) is 21.4. The van der Waals surface area contributed by atoms with Crippen LogP contribution in [0.25, 0.3) is 0 Å². The van der Waals surface area contributed by atoms with E-state index in [1.807, 2.05) is 0 Å². The Hall–Kier alpha value is -4.43. The van der Waals surface area contributed by atoms with Crippen molar-refractivity contribution in [1.29, 1.82) is 0 Å². The van der Waals surface area contributed by atoms with E-state index in [1.165, 1.54) is 25.4 Å². The predicted molar refractivity (Wildman–Crippen MR) is 136 cm³/mol. The number of aliphatic hydroxyl groups excluding tert-OH is 2. The van der Waals surface area contributed by atoms with E-state index in [4.69, 9.17) is 9.84 Å². The number of nitrogens with zero attached hydrogens (tertiary/aromatic N) is 2. The van der Waals surface area contributed by atoms with Crippen molar-refractivity contribution < 1.29 is 46.8 Å². The molecule has 0 aliphatic carbocycles. The van der Waals surface area contributed by atoms with Crippen LogP contribution in [0.4, 0.5) is 23.2 Å². The molecule has 3 N–H and O–H groups in total. The molecule has 2 unspecified atom stereocenters. The van der Waals surface area contributed by atoms with E-state index in [0.717, 1.165) is 45.9 Å². The van der Waals surface area contributed by atoms with Gasteiger partial charge in [-0.05, 0) is 36.4 Å². The number of aliphatic hydroxyl groups is 2. The van der Waals surface area contributed by atoms with E-state index in [1.54, 1.807) is 0 Å². The van der Waals surface area contributed by atoms with Crippen molar-refractivity contribution in [2.45, 2.75) is 31.2 Å². The Labute approximate surface area is 230 Å². The maximum Gasteiger partial charge on any atom is 0.387 e. The molecule has 0 spiro atoms. The van der Waals surface area contributed by atoms with E-state index in [2.05, 4.69) is 10.1 Å². The number of nitrogens with one attached hydrogen (secondary N) is 1. The number of benzene rings is 2. The summed E-state index contributed by atoms with van der Waals surface area (Å²) in [6.07, 6.45) is 0.0589. The van der Waals surface area contributed by atoms with Gasteiger partial charge in [0.05, 0.1) is 26.4 Å². The number of aromatic nitrogens is 1. The van der Waals surface area contributed by atoms with Gasteiger partial charge in [0.15, 0.2) is 0 Å². The molecule has 1 aliphatic heterocycles. The maximum absolute atomic E-state index is 15.2. The van der Waals surface area contributed by atoms with Crippen LogP contribution in [0.1, 0.15) is 21.8 Å². The fourth-order valence-corrected chi connectivity index (χ4v) is 4.57. The van der Waals surface area contributed by atoms with Crippen LogP contribution in [0.5, 0.6) is 11.5 Å². The third kappa shape index (κ3) is 6.33. The second-order valence-electron chi connectivity index (χ2n) is 9.10. The number of ether oxygens (including phenoxy) is 2. The van der Waals surface area contributed by atoms with Crippen LogP contribution in [0, 0.1) is 11.6 Å². The summed E-state index contributed by atoms with van der Waals surface area (Å²) < 4.78 is 65.4. The summed E-state index contributed by atoms with van der Waals surface area (Å²) in [7, 11) is 1.21. The zero-order valence-electron chi connectivity index (χ0n) is 21.5. The molecule has 14 heteroatoms. The number of carbonyl (C=O) groups is 2. The minimum Gasteiger partial charge on any atom is -0.497 e. The molecule has 1 saturated heterocycles. The number of hydrogen-bond donors (Lipinski definition) is 3. The number of hydrogen-bond acceptors (Lipinski definition) is 7. The molecule has 4 rings (SSSR count). The van der Waals surface area contributed by atoms with Gasteiger partial charge in [-0.1, -0.05) is 0 Å². The first kappa shape index (κ1) is 29.6. The minimum atomic E-state index is -3.08. The lowest BCUT2D eigenvalue weighted by Gasteiger charge is -2.20. The maximum atomic E-state index is 15.2. The molecule has 10 nitrogen and oxygen atoms in total. The molecule has 1 fully saturated rings. The van der Waals surface area contributed by atoms with Crippen molar-refractivity contribution in [2.24, 2.45) is 0 Å². The highest BCUT2D eigenvalue weighted by molar-refractivity contribution is 6.05. The zero-order chi connectivity index (χ0) is 29.8. The van der Waals surface area contributed by atoms with Crippen LogP contribution in [-0.2, 0) is 11.3 Å². The van der Waals surface area contributed by atoms with Crippen LogP contribution in [0.15, 0.2) is 59.5 Å². The molecule has 0 bridgehead atoms. The van der Waals surface area contributed by atoms with Crippen molar-refractivity contribution >= 4 is 17.5 Å². The van der Waals surface area contributed by atoms with E-state index in [-0.39, 0.29) is 29.3 Å². The number of amides is 2. The number of rotatable bonds is 10. The number of halogens is 4. The van der Waals surface area contributed by atoms with Crippen molar-refractivity contribution in [3.63, 3.8) is 0 Å². The van der Waals surface area contributed by atoms with Crippen molar-refractivity contribution in [2.75, 3.05) is 25.2 Å². The molecular weight excluding hydrogens is 554 g/mol. The summed E-state index contributed by atoms with van der Waals surface area (Å²) in [5.41, 5.74) is -1.51. The van der Waals surface area contributed by atoms with Gasteiger partial charge in [-0.15, -0.1) is 0 Å². The Morgan fingerprint density at radius 3 is 2.34 bits per heavy atom. The Morgan fingerprint density at radius 1 is 1.10 bits per heavy atom. The Balaban J connectivity index is 1.72. The normalized spacial score (nSPS) is 17.6. The highest BCUT2D eigenvalue weighted by Crippen LogP contribution is 2.36. The Kier molecular flexibility index (Phi) is 8.93. The number of carbonyl (C=O) groups excluding carboxylic acids is 2. The molecule has 2 heterocycles. The van der Waals surface area contributed by atoms with Gasteiger partial charge in [0.25, 0.3) is 11.5 Å². The molecule has 41 heavy (non-hydrogen) atoms. The van der Waals surface area contributed by atoms with E-state index < -0.39 is 72.4 Å². The molecule has 0 radical (unpaired) electrons. The van der Waals surface area contributed by atoms with Crippen LogP contribution in [0.3, 0.4) is 0 Å². The minimum absolute atomic E-state index is 0.0626. The monoisotopic (exact) mass is 579 g/mol. The summed E-state index contributed by atoms with van der Waals surface area (Å²) in [6, 6.07) is 7.53. The Morgan fingerprint density at radius 2 is 1.76 bits per heavy atom. The number of alkyl halides is 2. The molecule has 2 aromatic carbocycles. The van der Waals surface area contributed by atoms with E-state index in [0.29, 0.717) is 0 Å². The molecular formula is C27H25F4N3O7. The van der Waals surface area contributed by atoms with Crippen LogP contribution in [-0.4, -0.2) is 65.6 Å². The number of pyridine rings is 1. The molecule has 218 valence electrons. The van der Waals surface area contributed by atoms with Crippen LogP contribution in [0.2, 0.25) is 0 Å². The van der Waals surface area contributed by atoms with E-state index in [9.17, 15) is 28.3 Å². The summed E-state index contributed by atoms with van der Waals surface area (Å²) in [6.45, 7) is -4.41. The van der Waals surface area contributed by atoms with Crippen molar-refractivity contribution in [3.8, 4) is 11.5 Å². The van der Waals surface area contributed by atoms with Gasteiger partial charge in [-0.2, -0.15) is 8.78 Å². The van der Waals surface area contributed by atoms with Crippen molar-refractivity contribution in [1.82, 2.24) is 9.88 Å². The smallest absolute Gasteiger partial charge is 0.387 e. The average Bonchev–Trinajstić information content (AvgIpc) is 3.24. The lowest BCUT2D eigenvalue weighted by Crippen LogP contribution is -2.44. The highest BCUT2D eigenvalue weighted by atomic mass is 19.3. The number of methoxy groups -OCH3 is 1. The lowest BCUT2D eigenvalue weighted by atomic mass is 9.92. The van der Waals surface area contributed by atoms with Gasteiger partial charge in [0, 0.05) is 41.9 Å². The largest absolute Gasteiger partial charge is 0.497 e. The van der Waals surface area contributed by atoms with Crippen molar-refractivity contribution in [3.05, 3.63) is 87.8 Å². The first-order valence-electron chi connectivity index (χ1n) is 12.2.